The molecule has 2 aliphatic heterocycles. The van der Waals surface area contributed by atoms with Crippen molar-refractivity contribution in [2.24, 2.45) is 4.99 Å². The van der Waals surface area contributed by atoms with Crippen molar-refractivity contribution in [3.8, 4) is 0 Å². The number of amides is 2. The Labute approximate surface area is 183 Å². The van der Waals surface area contributed by atoms with E-state index < -0.39 is 0 Å². The summed E-state index contributed by atoms with van der Waals surface area (Å²) in [5, 5.41) is 5.94. The minimum absolute atomic E-state index is 0.0601. The van der Waals surface area contributed by atoms with Crippen LogP contribution in [-0.2, 0) is 16.1 Å². The molecule has 0 atom stereocenters. The van der Waals surface area contributed by atoms with Crippen LogP contribution in [0.5, 0.6) is 0 Å². The molecule has 4 rings (SSSR count). The number of nitrogens with zero attached hydrogens (tertiary/aromatic N) is 4. The Morgan fingerprint density at radius 3 is 2.42 bits per heavy atom. The van der Waals surface area contributed by atoms with Gasteiger partial charge in [-0.15, -0.1) is 0 Å². The van der Waals surface area contributed by atoms with Gasteiger partial charge in [0.1, 0.15) is 0 Å². The molecule has 0 radical (unpaired) electrons. The van der Waals surface area contributed by atoms with Crippen LogP contribution in [0.25, 0.3) is 10.8 Å². The summed E-state index contributed by atoms with van der Waals surface area (Å²) in [7, 11) is 1.78. The molecule has 2 fully saturated rings. The second-order valence-corrected chi connectivity index (χ2v) is 8.17. The fraction of sp³-hybridized carbons (Fsp3) is 0.458. The lowest BCUT2D eigenvalue weighted by Gasteiger charge is -2.37. The Hall–Kier alpha value is -2.93. The molecule has 2 aromatic carbocycles. The molecule has 2 aromatic rings. The molecule has 0 aromatic heterocycles. The van der Waals surface area contributed by atoms with Crippen LogP contribution in [0, 0.1) is 0 Å². The van der Waals surface area contributed by atoms with Gasteiger partial charge in [-0.1, -0.05) is 42.5 Å². The Morgan fingerprint density at radius 2 is 1.68 bits per heavy atom. The number of hydrogen-bond acceptors (Lipinski definition) is 4. The van der Waals surface area contributed by atoms with Gasteiger partial charge in [0.05, 0.1) is 0 Å². The van der Waals surface area contributed by atoms with Crippen LogP contribution in [0.2, 0.25) is 0 Å². The number of carbonyl (C=O) groups is 2. The maximum absolute atomic E-state index is 12.0. The highest BCUT2D eigenvalue weighted by Gasteiger charge is 2.26. The van der Waals surface area contributed by atoms with Crippen LogP contribution in [0.3, 0.4) is 0 Å². The van der Waals surface area contributed by atoms with Gasteiger partial charge >= 0.3 is 0 Å². The summed E-state index contributed by atoms with van der Waals surface area (Å²) >= 11 is 0. The number of piperidine rings is 1. The van der Waals surface area contributed by atoms with Gasteiger partial charge in [0, 0.05) is 65.7 Å². The number of fused-ring (bicyclic) bond motifs is 1. The van der Waals surface area contributed by atoms with Gasteiger partial charge in [0.15, 0.2) is 5.96 Å². The summed E-state index contributed by atoms with van der Waals surface area (Å²) in [5.74, 6) is 0.715. The number of aliphatic imine (C=N–C) groups is 1. The fourth-order valence-corrected chi connectivity index (χ4v) is 4.45. The minimum atomic E-state index is -0.0601. The molecule has 164 valence electrons. The summed E-state index contributed by atoms with van der Waals surface area (Å²) in [6.45, 7) is 5.59. The van der Waals surface area contributed by atoms with Crippen molar-refractivity contribution in [3.05, 3.63) is 48.0 Å². The summed E-state index contributed by atoms with van der Waals surface area (Å²) in [5.41, 5.74) is 1.37. The number of imide groups is 1. The topological polar surface area (TPSA) is 68.2 Å². The summed E-state index contributed by atoms with van der Waals surface area (Å²) in [6, 6.07) is 15.1. The number of hydrogen-bond donors (Lipinski definition) is 1. The van der Waals surface area contributed by atoms with E-state index in [0.717, 1.165) is 38.7 Å². The average molecular weight is 422 g/mol. The molecule has 2 amide bonds. The zero-order valence-corrected chi connectivity index (χ0v) is 18.2. The van der Waals surface area contributed by atoms with Crippen LogP contribution in [0.15, 0.2) is 47.5 Å². The third-order valence-electron chi connectivity index (χ3n) is 6.16. The molecule has 0 saturated carbocycles. The molecule has 2 saturated heterocycles. The van der Waals surface area contributed by atoms with E-state index in [4.69, 9.17) is 0 Å². The first-order chi connectivity index (χ1) is 15.2. The monoisotopic (exact) mass is 421 g/mol. The molecular weight excluding hydrogens is 390 g/mol. The second-order valence-electron chi connectivity index (χ2n) is 8.17. The number of guanidine groups is 1. The number of rotatable bonds is 5. The molecule has 31 heavy (non-hydrogen) atoms. The van der Waals surface area contributed by atoms with Crippen molar-refractivity contribution in [2.45, 2.75) is 25.8 Å². The smallest absolute Gasteiger partial charge is 0.229 e. The highest BCUT2D eigenvalue weighted by molar-refractivity contribution is 5.97. The van der Waals surface area contributed by atoms with E-state index in [1.165, 1.54) is 21.2 Å². The number of nitrogens with one attached hydrogen (secondary N) is 1. The normalized spacial score (nSPS) is 18.7. The standard InChI is InChI=1S/C24H31N5O2/c1-25-24(26-12-13-29-22(30)10-5-11-23(29)31)28-16-14-27(15-17-28)18-20-8-4-7-19-6-2-3-9-21(19)20/h2-4,6-9H,5,10-18H2,1H3,(H,25,26). The van der Waals surface area contributed by atoms with Crippen LogP contribution in [0.1, 0.15) is 24.8 Å². The minimum Gasteiger partial charge on any atom is -0.354 e. The molecule has 0 unspecified atom stereocenters. The second kappa shape index (κ2) is 9.92. The van der Waals surface area contributed by atoms with Gasteiger partial charge in [-0.2, -0.15) is 0 Å². The molecule has 7 heteroatoms. The summed E-state index contributed by atoms with van der Waals surface area (Å²) in [4.78, 5) is 34.4. The predicted molar refractivity (Wildman–Crippen MR) is 123 cm³/mol. The molecule has 2 aliphatic rings. The maximum atomic E-state index is 12.0. The van der Waals surface area contributed by atoms with Gasteiger partial charge in [-0.25, -0.2) is 0 Å². The van der Waals surface area contributed by atoms with Crippen molar-refractivity contribution in [3.63, 3.8) is 0 Å². The first-order valence-electron chi connectivity index (χ1n) is 11.1. The van der Waals surface area contributed by atoms with Gasteiger partial charge < -0.3 is 10.2 Å². The van der Waals surface area contributed by atoms with Crippen molar-refractivity contribution >= 4 is 28.5 Å². The van der Waals surface area contributed by atoms with Gasteiger partial charge in [-0.3, -0.25) is 24.4 Å². The third kappa shape index (κ3) is 5.05. The number of carbonyl (C=O) groups excluding carboxylic acids is 2. The van der Waals surface area contributed by atoms with E-state index in [2.05, 4.69) is 62.6 Å². The van der Waals surface area contributed by atoms with E-state index in [1.54, 1.807) is 7.05 Å². The highest BCUT2D eigenvalue weighted by Crippen LogP contribution is 2.20. The molecule has 7 nitrogen and oxygen atoms in total. The average Bonchev–Trinajstić information content (AvgIpc) is 2.79. The van der Waals surface area contributed by atoms with Crippen LogP contribution in [0.4, 0.5) is 0 Å². The number of benzene rings is 2. The van der Waals surface area contributed by atoms with Gasteiger partial charge in [0.2, 0.25) is 11.8 Å². The van der Waals surface area contributed by atoms with E-state index in [-0.39, 0.29) is 11.8 Å². The molecular formula is C24H31N5O2. The Bertz CT molecular complexity index is 944. The first kappa shape index (κ1) is 21.3. The van der Waals surface area contributed by atoms with Crippen LogP contribution in [-0.4, -0.2) is 78.8 Å². The van der Waals surface area contributed by atoms with Gasteiger partial charge in [0.25, 0.3) is 0 Å². The van der Waals surface area contributed by atoms with Crippen molar-refractivity contribution < 1.29 is 9.59 Å². The zero-order chi connectivity index (χ0) is 21.6. The lowest BCUT2D eigenvalue weighted by molar-refractivity contribution is -0.147. The maximum Gasteiger partial charge on any atom is 0.229 e. The highest BCUT2D eigenvalue weighted by atomic mass is 16.2. The van der Waals surface area contributed by atoms with E-state index >= 15 is 0 Å². The quantitative estimate of drug-likeness (QED) is 0.455. The lowest BCUT2D eigenvalue weighted by Crippen LogP contribution is -2.53. The zero-order valence-electron chi connectivity index (χ0n) is 18.2. The Morgan fingerprint density at radius 1 is 0.968 bits per heavy atom. The van der Waals surface area contributed by atoms with Crippen LogP contribution < -0.4 is 5.32 Å². The molecule has 0 aliphatic carbocycles. The van der Waals surface area contributed by atoms with Crippen LogP contribution >= 0.6 is 0 Å². The largest absolute Gasteiger partial charge is 0.354 e. The summed E-state index contributed by atoms with van der Waals surface area (Å²) < 4.78 is 0. The lowest BCUT2D eigenvalue weighted by atomic mass is 10.0. The summed E-state index contributed by atoms with van der Waals surface area (Å²) in [6.07, 6.45) is 1.62. The number of piperazine rings is 1. The van der Waals surface area contributed by atoms with Crippen molar-refractivity contribution in [2.75, 3.05) is 46.3 Å². The van der Waals surface area contributed by atoms with Crippen molar-refractivity contribution in [1.29, 1.82) is 0 Å². The molecule has 0 bridgehead atoms. The van der Waals surface area contributed by atoms with Gasteiger partial charge in [-0.05, 0) is 22.8 Å². The van der Waals surface area contributed by atoms with Crippen molar-refractivity contribution in [1.82, 2.24) is 20.0 Å². The molecule has 1 N–H and O–H groups in total. The molecule has 0 spiro atoms. The Kier molecular flexibility index (Phi) is 6.82. The van der Waals surface area contributed by atoms with E-state index in [9.17, 15) is 9.59 Å². The van der Waals surface area contributed by atoms with E-state index in [0.29, 0.717) is 32.4 Å². The van der Waals surface area contributed by atoms with E-state index in [1.807, 2.05) is 0 Å². The first-order valence-corrected chi connectivity index (χ1v) is 11.1. The third-order valence-corrected chi connectivity index (χ3v) is 6.16. The number of likely N-dealkylation sites (tertiary alicyclic amines) is 1. The fourth-order valence-electron chi connectivity index (χ4n) is 4.45. The Balaban J connectivity index is 1.27. The molecule has 2 heterocycles. The predicted octanol–water partition coefficient (Wildman–Crippen LogP) is 2.07. The SMILES string of the molecule is CN=C(NCCN1C(=O)CCCC1=O)N1CCN(Cc2cccc3ccccc23)CC1.